The Labute approximate surface area is 99.8 Å². The van der Waals surface area contributed by atoms with Gasteiger partial charge in [0.25, 0.3) is 0 Å². The molecule has 3 aromatic rings. The van der Waals surface area contributed by atoms with Crippen LogP contribution in [-0.4, -0.2) is 12.7 Å². The molecular weight excluding hydrogens is 211 g/mol. The molecule has 2 nitrogen and oxygen atoms in total. The Hall–Kier alpha value is -2.00. The summed E-state index contributed by atoms with van der Waals surface area (Å²) in [5, 5.41) is 13.4. The minimum atomic E-state index is 0.635. The van der Waals surface area contributed by atoms with Crippen LogP contribution in [0.3, 0.4) is 0 Å². The predicted octanol–water partition coefficient (Wildman–Crippen LogP) is 2.90. The van der Waals surface area contributed by atoms with Crippen LogP contribution in [0.15, 0.2) is 54.6 Å². The summed E-state index contributed by atoms with van der Waals surface area (Å²) in [5.41, 5.74) is 0. The van der Waals surface area contributed by atoms with Crippen LogP contribution in [0, 0.1) is 0 Å². The second kappa shape index (κ2) is 4.11. The fourth-order valence-corrected chi connectivity index (χ4v) is 2.13. The van der Waals surface area contributed by atoms with Crippen molar-refractivity contribution in [3.05, 3.63) is 54.6 Å². The standard InChI is InChI=1S/C14H10BO2/c16-15-17-12-7-8-14-11(9-12)6-5-10-3-1-2-4-13(10)14/h1-9,16H. The molecule has 17 heavy (non-hydrogen) atoms. The highest BCUT2D eigenvalue weighted by molar-refractivity contribution is 6.17. The quantitative estimate of drug-likeness (QED) is 0.532. The van der Waals surface area contributed by atoms with Gasteiger partial charge in [0.05, 0.1) is 0 Å². The summed E-state index contributed by atoms with van der Waals surface area (Å²) < 4.78 is 4.96. The van der Waals surface area contributed by atoms with Crippen molar-refractivity contribution in [2.75, 3.05) is 0 Å². The molecule has 81 valence electrons. The van der Waals surface area contributed by atoms with Gasteiger partial charge in [0.1, 0.15) is 5.75 Å². The van der Waals surface area contributed by atoms with Crippen molar-refractivity contribution in [1.29, 1.82) is 0 Å². The van der Waals surface area contributed by atoms with Crippen molar-refractivity contribution < 1.29 is 9.68 Å². The first kappa shape index (κ1) is 10.2. The third kappa shape index (κ3) is 1.75. The molecule has 1 N–H and O–H groups in total. The maximum Gasteiger partial charge on any atom is 0.569 e. The molecule has 0 bridgehead atoms. The fourth-order valence-electron chi connectivity index (χ4n) is 2.13. The van der Waals surface area contributed by atoms with Crippen LogP contribution >= 0.6 is 0 Å². The monoisotopic (exact) mass is 221 g/mol. The molecule has 3 heteroatoms. The number of fused-ring (bicyclic) bond motifs is 3. The topological polar surface area (TPSA) is 29.5 Å². The molecule has 3 rings (SSSR count). The van der Waals surface area contributed by atoms with Crippen LogP contribution in [-0.2, 0) is 0 Å². The van der Waals surface area contributed by atoms with E-state index in [0.717, 1.165) is 5.39 Å². The molecule has 0 unspecified atom stereocenters. The zero-order valence-corrected chi connectivity index (χ0v) is 9.13. The van der Waals surface area contributed by atoms with E-state index < -0.39 is 0 Å². The van der Waals surface area contributed by atoms with Crippen LogP contribution in [0.4, 0.5) is 0 Å². The first-order chi connectivity index (χ1) is 8.38. The third-order valence-electron chi connectivity index (χ3n) is 2.91. The van der Waals surface area contributed by atoms with Gasteiger partial charge >= 0.3 is 7.69 Å². The molecule has 0 amide bonds. The average Bonchev–Trinajstić information content (AvgIpc) is 2.39. The van der Waals surface area contributed by atoms with Crippen LogP contribution in [0.1, 0.15) is 0 Å². The van der Waals surface area contributed by atoms with E-state index in [9.17, 15) is 0 Å². The van der Waals surface area contributed by atoms with E-state index in [1.54, 1.807) is 0 Å². The van der Waals surface area contributed by atoms with Crippen molar-refractivity contribution in [3.63, 3.8) is 0 Å². The van der Waals surface area contributed by atoms with E-state index in [1.807, 2.05) is 30.3 Å². The SMILES string of the molecule is O[B]Oc1ccc2c(ccc3ccccc32)c1. The smallest absolute Gasteiger partial charge is 0.537 e. The van der Waals surface area contributed by atoms with Gasteiger partial charge in [-0.25, -0.2) is 0 Å². The summed E-state index contributed by atoms with van der Waals surface area (Å²) in [7, 11) is 0.697. The lowest BCUT2D eigenvalue weighted by atomic mass is 10.0. The summed E-state index contributed by atoms with van der Waals surface area (Å²) in [6, 6.07) is 18.2. The minimum Gasteiger partial charge on any atom is -0.537 e. The molecular formula is C14H10BO2. The fraction of sp³-hybridized carbons (Fsp3) is 0. The summed E-state index contributed by atoms with van der Waals surface area (Å²) in [6.07, 6.45) is 0. The lowest BCUT2D eigenvalue weighted by molar-refractivity contribution is 0.454. The van der Waals surface area contributed by atoms with Crippen molar-refractivity contribution in [1.82, 2.24) is 0 Å². The minimum absolute atomic E-state index is 0.635. The largest absolute Gasteiger partial charge is 0.569 e. The molecule has 1 radical (unpaired) electrons. The van der Waals surface area contributed by atoms with Crippen molar-refractivity contribution in [2.24, 2.45) is 0 Å². The second-order valence-electron chi connectivity index (χ2n) is 3.89. The summed E-state index contributed by atoms with van der Waals surface area (Å²) >= 11 is 0. The zero-order valence-electron chi connectivity index (χ0n) is 9.13. The lowest BCUT2D eigenvalue weighted by Gasteiger charge is -2.06. The summed E-state index contributed by atoms with van der Waals surface area (Å²) in [6.45, 7) is 0. The molecule has 0 fully saturated rings. The Balaban J connectivity index is 2.29. The highest BCUT2D eigenvalue weighted by Crippen LogP contribution is 2.27. The van der Waals surface area contributed by atoms with Gasteiger partial charge in [0.2, 0.25) is 0 Å². The first-order valence-electron chi connectivity index (χ1n) is 5.42. The summed E-state index contributed by atoms with van der Waals surface area (Å²) in [5.74, 6) is 0.635. The number of rotatable bonds is 2. The number of hydrogen-bond donors (Lipinski definition) is 1. The van der Waals surface area contributed by atoms with E-state index in [0.29, 0.717) is 13.4 Å². The maximum atomic E-state index is 8.62. The molecule has 0 aliphatic carbocycles. The third-order valence-corrected chi connectivity index (χ3v) is 2.91. The highest BCUT2D eigenvalue weighted by Gasteiger charge is 2.01. The highest BCUT2D eigenvalue weighted by atomic mass is 16.5. The Bertz CT molecular complexity index is 679. The van der Waals surface area contributed by atoms with Crippen LogP contribution in [0.5, 0.6) is 5.75 Å². The van der Waals surface area contributed by atoms with Crippen LogP contribution in [0.2, 0.25) is 0 Å². The van der Waals surface area contributed by atoms with Crippen LogP contribution < -0.4 is 4.65 Å². The molecule has 0 saturated heterocycles. The van der Waals surface area contributed by atoms with Gasteiger partial charge in [-0.2, -0.15) is 0 Å². The van der Waals surface area contributed by atoms with E-state index in [2.05, 4.69) is 24.3 Å². The number of hydrogen-bond acceptors (Lipinski definition) is 2. The van der Waals surface area contributed by atoms with Gasteiger partial charge < -0.3 is 9.68 Å². The lowest BCUT2D eigenvalue weighted by Crippen LogP contribution is -1.99. The van der Waals surface area contributed by atoms with Gasteiger partial charge in [0, 0.05) is 0 Å². The van der Waals surface area contributed by atoms with Crippen molar-refractivity contribution >= 4 is 29.2 Å². The van der Waals surface area contributed by atoms with Gasteiger partial charge in [-0.3, -0.25) is 0 Å². The molecule has 0 aromatic heterocycles. The maximum absolute atomic E-state index is 8.62. The molecule has 3 aromatic carbocycles. The first-order valence-corrected chi connectivity index (χ1v) is 5.42. The normalized spacial score (nSPS) is 10.6. The Morgan fingerprint density at radius 2 is 1.59 bits per heavy atom. The average molecular weight is 221 g/mol. The summed E-state index contributed by atoms with van der Waals surface area (Å²) in [4.78, 5) is 0. The predicted molar refractivity (Wildman–Crippen MR) is 70.1 cm³/mol. The van der Waals surface area contributed by atoms with E-state index in [-0.39, 0.29) is 0 Å². The van der Waals surface area contributed by atoms with Crippen molar-refractivity contribution in [3.8, 4) is 5.75 Å². The van der Waals surface area contributed by atoms with Gasteiger partial charge in [-0.1, -0.05) is 42.5 Å². The molecule has 0 atom stereocenters. The molecule has 0 aliphatic rings. The Morgan fingerprint density at radius 1 is 0.824 bits per heavy atom. The zero-order chi connectivity index (χ0) is 11.7. The Morgan fingerprint density at radius 3 is 2.47 bits per heavy atom. The molecule has 0 heterocycles. The molecule has 0 aliphatic heterocycles. The van der Waals surface area contributed by atoms with E-state index >= 15 is 0 Å². The Kier molecular flexibility index (Phi) is 2.46. The number of benzene rings is 3. The van der Waals surface area contributed by atoms with E-state index in [4.69, 9.17) is 9.68 Å². The van der Waals surface area contributed by atoms with Gasteiger partial charge in [-0.15, -0.1) is 0 Å². The van der Waals surface area contributed by atoms with Crippen molar-refractivity contribution in [2.45, 2.75) is 0 Å². The van der Waals surface area contributed by atoms with Gasteiger partial charge in [-0.05, 0) is 33.7 Å². The van der Waals surface area contributed by atoms with Gasteiger partial charge in [0.15, 0.2) is 0 Å². The second-order valence-corrected chi connectivity index (χ2v) is 3.89. The molecule has 0 spiro atoms. The molecule has 0 saturated carbocycles. The van der Waals surface area contributed by atoms with E-state index in [1.165, 1.54) is 16.2 Å². The van der Waals surface area contributed by atoms with Crippen LogP contribution in [0.25, 0.3) is 21.5 Å².